The monoisotopic (exact) mass is 379 g/mol. The second kappa shape index (κ2) is 11.3. The molecule has 0 aliphatic heterocycles. The van der Waals surface area contributed by atoms with Crippen molar-refractivity contribution in [3.05, 3.63) is 0 Å². The molecule has 1 N–H and O–H groups in total. The molecule has 0 aromatic carbocycles. The molecule has 5 heteroatoms. The summed E-state index contributed by atoms with van der Waals surface area (Å²) in [6.45, 7) is 1.60. The summed E-state index contributed by atoms with van der Waals surface area (Å²) in [5, 5.41) is 7.72. The van der Waals surface area contributed by atoms with Gasteiger partial charge in [0.15, 0.2) is 0 Å². The SMILES string of the molecule is CCC(=O)O.[I][V][I]. The van der Waals surface area contributed by atoms with Crippen molar-refractivity contribution in [1.29, 1.82) is 0 Å². The van der Waals surface area contributed by atoms with Crippen LogP contribution in [0.25, 0.3) is 0 Å². The number of hydrogen-bond donors (Lipinski definition) is 1. The summed E-state index contributed by atoms with van der Waals surface area (Å²) < 4.78 is 0. The van der Waals surface area contributed by atoms with E-state index in [0.717, 1.165) is 0 Å². The normalized spacial score (nSPS) is 6.38. The molecule has 0 aromatic heterocycles. The number of carboxylic acids is 1. The average molecular weight is 379 g/mol. The van der Waals surface area contributed by atoms with E-state index in [1.54, 1.807) is 6.92 Å². The van der Waals surface area contributed by atoms with Crippen molar-refractivity contribution in [3.63, 3.8) is 0 Å². The summed E-state index contributed by atoms with van der Waals surface area (Å²) in [6.07, 6.45) is 0.222. The molecule has 0 heterocycles. The van der Waals surface area contributed by atoms with Crippen molar-refractivity contribution in [2.24, 2.45) is 0 Å². The van der Waals surface area contributed by atoms with E-state index in [0.29, 0.717) is 9.47 Å². The Morgan fingerprint density at radius 2 is 1.88 bits per heavy atom. The van der Waals surface area contributed by atoms with E-state index in [9.17, 15) is 4.79 Å². The third kappa shape index (κ3) is 25.8. The van der Waals surface area contributed by atoms with Crippen molar-refractivity contribution in [2.75, 3.05) is 0 Å². The van der Waals surface area contributed by atoms with Gasteiger partial charge < -0.3 is 5.11 Å². The third-order valence-electron chi connectivity index (χ3n) is 0.302. The van der Waals surface area contributed by atoms with E-state index < -0.39 is 5.97 Å². The van der Waals surface area contributed by atoms with E-state index in [2.05, 4.69) is 40.0 Å². The second-order valence-electron chi connectivity index (χ2n) is 0.811. The summed E-state index contributed by atoms with van der Waals surface area (Å²) in [7, 11) is 0.628. The first-order chi connectivity index (χ1) is 3.68. The molecule has 49 valence electrons. The Morgan fingerprint density at radius 3 is 1.88 bits per heavy atom. The van der Waals surface area contributed by atoms with Gasteiger partial charge in [-0.05, 0) is 0 Å². The van der Waals surface area contributed by atoms with E-state index in [4.69, 9.17) is 5.11 Å². The molecular weight excluding hydrogens is 373 g/mol. The number of halogens is 2. The summed E-state index contributed by atoms with van der Waals surface area (Å²) in [5.74, 6) is -0.745. The average Bonchev–Trinajstić information content (AvgIpc) is 1.69. The van der Waals surface area contributed by atoms with Crippen LogP contribution in [0.1, 0.15) is 13.3 Å². The Balaban J connectivity index is 0. The zero-order chi connectivity index (χ0) is 6.99. The van der Waals surface area contributed by atoms with Crippen LogP contribution in [0.4, 0.5) is 0 Å². The molecule has 0 amide bonds. The maximum atomic E-state index is 9.37. The predicted octanol–water partition coefficient (Wildman–Crippen LogP) is 2.25. The van der Waals surface area contributed by atoms with Crippen molar-refractivity contribution in [2.45, 2.75) is 13.3 Å². The molecule has 0 radical (unpaired) electrons. The zero-order valence-electron chi connectivity index (χ0n) is 4.27. The van der Waals surface area contributed by atoms with Gasteiger partial charge in [-0.15, -0.1) is 0 Å². The third-order valence-corrected chi connectivity index (χ3v) is 0.302. The summed E-state index contributed by atoms with van der Waals surface area (Å²) in [4.78, 5) is 9.37. The van der Waals surface area contributed by atoms with E-state index in [1.165, 1.54) is 0 Å². The summed E-state index contributed by atoms with van der Waals surface area (Å²) in [6, 6.07) is 0. The molecule has 0 aromatic rings. The zero-order valence-corrected chi connectivity index (χ0v) is 9.98. The van der Waals surface area contributed by atoms with Crippen molar-refractivity contribution in [1.82, 2.24) is 0 Å². The standard InChI is InChI=1S/C3H6O2.2HI.V/c1-2-3(4)5;;;/h2H2,1H3,(H,4,5);2*1H;/q;;;+2/p-2. The number of carboxylic acid groups (broad SMARTS) is 1. The Morgan fingerprint density at radius 1 is 1.75 bits per heavy atom. The minimum absolute atomic E-state index is 0.222. The number of aliphatic carboxylic acids is 1. The molecule has 0 bridgehead atoms. The van der Waals surface area contributed by atoms with Crippen LogP contribution in [0.2, 0.25) is 0 Å². The van der Waals surface area contributed by atoms with Gasteiger partial charge in [0, 0.05) is 6.42 Å². The molecule has 0 spiro atoms. The molecule has 2 nitrogen and oxygen atoms in total. The first-order valence-corrected chi connectivity index (χ1v) is 10.8. The minimum atomic E-state index is -0.745. The Hall–Kier alpha value is 1.51. The van der Waals surface area contributed by atoms with Gasteiger partial charge in [-0.2, -0.15) is 0 Å². The number of rotatable bonds is 1. The van der Waals surface area contributed by atoms with Crippen LogP contribution in [0.15, 0.2) is 0 Å². The van der Waals surface area contributed by atoms with E-state index >= 15 is 0 Å². The molecule has 0 rings (SSSR count). The second-order valence-corrected chi connectivity index (χ2v) is 12.6. The van der Waals surface area contributed by atoms with Gasteiger partial charge in [0.25, 0.3) is 0 Å². The molecule has 0 unspecified atom stereocenters. The molecule has 0 saturated heterocycles. The van der Waals surface area contributed by atoms with Crippen LogP contribution in [0.5, 0.6) is 0 Å². The van der Waals surface area contributed by atoms with Gasteiger partial charge in [0.05, 0.1) is 0 Å². The Kier molecular flexibility index (Phi) is 17.3. The van der Waals surface area contributed by atoms with Crippen LogP contribution in [0, 0.1) is 0 Å². The van der Waals surface area contributed by atoms with E-state index in [-0.39, 0.29) is 6.42 Å². The molecule has 8 heavy (non-hydrogen) atoms. The molecule has 0 atom stereocenters. The Bertz CT molecular complexity index is 59.2. The summed E-state index contributed by atoms with van der Waals surface area (Å²) in [5.41, 5.74) is 0. The Labute approximate surface area is 77.6 Å². The van der Waals surface area contributed by atoms with Gasteiger partial charge in [-0.25, -0.2) is 0 Å². The fraction of sp³-hybridized carbons (Fsp3) is 0.667. The van der Waals surface area contributed by atoms with Crippen molar-refractivity contribution >= 4 is 45.9 Å². The van der Waals surface area contributed by atoms with Gasteiger partial charge in [0.1, 0.15) is 0 Å². The molecular formula is C3H6I2O2V. The predicted molar refractivity (Wildman–Crippen MR) is 46.0 cm³/mol. The van der Waals surface area contributed by atoms with Crippen LogP contribution in [-0.2, 0) is 14.3 Å². The van der Waals surface area contributed by atoms with E-state index in [1.807, 2.05) is 0 Å². The maximum absolute atomic E-state index is 9.37. The van der Waals surface area contributed by atoms with Crippen LogP contribution < -0.4 is 0 Å². The first kappa shape index (κ1) is 12.2. The quantitative estimate of drug-likeness (QED) is 0.711. The van der Waals surface area contributed by atoms with Crippen molar-refractivity contribution in [3.8, 4) is 0 Å². The molecule has 0 saturated carbocycles. The van der Waals surface area contributed by atoms with Gasteiger partial charge in [0.2, 0.25) is 0 Å². The fourth-order valence-corrected chi connectivity index (χ4v) is 0. The fourth-order valence-electron chi connectivity index (χ4n) is 0. The van der Waals surface area contributed by atoms with Crippen molar-refractivity contribution < 1.29 is 19.4 Å². The molecule has 0 aliphatic carbocycles. The van der Waals surface area contributed by atoms with Gasteiger partial charge in [-0.1, -0.05) is 6.92 Å². The summed E-state index contributed by atoms with van der Waals surface area (Å²) >= 11 is 4.74. The van der Waals surface area contributed by atoms with Gasteiger partial charge in [-0.3, -0.25) is 4.79 Å². The van der Waals surface area contributed by atoms with Gasteiger partial charge >= 0.3 is 55.4 Å². The van der Waals surface area contributed by atoms with Crippen LogP contribution in [-0.4, -0.2) is 11.1 Å². The first-order valence-electron chi connectivity index (χ1n) is 1.83. The molecule has 0 aliphatic rings. The number of carbonyl (C=O) groups is 1. The van der Waals surface area contributed by atoms with Crippen LogP contribution in [0.3, 0.4) is 0 Å². The number of hydrogen-bond acceptors (Lipinski definition) is 1. The topological polar surface area (TPSA) is 37.3 Å². The molecule has 0 fully saturated rings. The van der Waals surface area contributed by atoms with Crippen LogP contribution >= 0.6 is 40.0 Å².